The maximum atomic E-state index is 14.2. The maximum absolute atomic E-state index is 14.2. The molecule has 2 saturated heterocycles. The van der Waals surface area contributed by atoms with Gasteiger partial charge in [-0.3, -0.25) is 14.4 Å². The Bertz CT molecular complexity index is 1210. The average Bonchev–Trinajstić information content (AvgIpc) is 3.56. The van der Waals surface area contributed by atoms with Crippen LogP contribution < -0.4 is 10.6 Å². The van der Waals surface area contributed by atoms with Crippen molar-refractivity contribution >= 4 is 28.6 Å². The lowest BCUT2D eigenvalue weighted by molar-refractivity contribution is -0.127. The van der Waals surface area contributed by atoms with E-state index in [4.69, 9.17) is 0 Å². The Morgan fingerprint density at radius 3 is 2.79 bits per heavy atom. The number of hydrogen-bond acceptors (Lipinski definition) is 4. The molecule has 1 saturated carbocycles. The number of halogens is 2. The number of carbonyl (C=O) groups is 3. The van der Waals surface area contributed by atoms with Crippen molar-refractivity contribution in [3.05, 3.63) is 35.5 Å². The van der Waals surface area contributed by atoms with Gasteiger partial charge < -0.3 is 20.5 Å². The average molecular weight is 469 g/mol. The Morgan fingerprint density at radius 1 is 1.24 bits per heavy atom. The normalized spacial score (nSPS) is 26.9. The van der Waals surface area contributed by atoms with Crippen molar-refractivity contribution in [2.75, 3.05) is 13.1 Å². The third-order valence-electron chi connectivity index (χ3n) is 7.46. The first kappa shape index (κ1) is 22.3. The van der Waals surface area contributed by atoms with Gasteiger partial charge in [0.1, 0.15) is 29.4 Å². The zero-order chi connectivity index (χ0) is 24.0. The summed E-state index contributed by atoms with van der Waals surface area (Å²) in [4.78, 5) is 42.9. The van der Waals surface area contributed by atoms with Gasteiger partial charge in [-0.2, -0.15) is 5.26 Å². The van der Waals surface area contributed by atoms with Crippen LogP contribution in [0.4, 0.5) is 8.78 Å². The van der Waals surface area contributed by atoms with E-state index in [1.165, 1.54) is 11.0 Å². The van der Waals surface area contributed by atoms with Gasteiger partial charge in [0.2, 0.25) is 11.8 Å². The Labute approximate surface area is 194 Å². The highest BCUT2D eigenvalue weighted by Gasteiger charge is 2.50. The van der Waals surface area contributed by atoms with Crippen molar-refractivity contribution in [1.29, 1.82) is 5.26 Å². The molecule has 0 spiro atoms. The van der Waals surface area contributed by atoms with E-state index in [-0.39, 0.29) is 46.7 Å². The summed E-state index contributed by atoms with van der Waals surface area (Å²) >= 11 is 0. The highest BCUT2D eigenvalue weighted by atomic mass is 19.1. The van der Waals surface area contributed by atoms with Crippen molar-refractivity contribution < 1.29 is 23.2 Å². The van der Waals surface area contributed by atoms with Gasteiger partial charge in [0.15, 0.2) is 0 Å². The number of fused-ring (bicyclic) bond motifs is 2. The number of H-pyrrole nitrogens is 1. The number of nitrogens with zero attached hydrogens (tertiary/aromatic N) is 2. The minimum Gasteiger partial charge on any atom is -0.356 e. The third-order valence-corrected chi connectivity index (χ3v) is 7.46. The van der Waals surface area contributed by atoms with Crippen LogP contribution in [0, 0.1) is 40.7 Å². The molecule has 34 heavy (non-hydrogen) atoms. The second-order valence-corrected chi connectivity index (χ2v) is 9.49. The number of aromatic nitrogens is 1. The van der Waals surface area contributed by atoms with Gasteiger partial charge >= 0.3 is 0 Å². The van der Waals surface area contributed by atoms with Crippen LogP contribution in [0.1, 0.15) is 42.6 Å². The topological polar surface area (TPSA) is 118 Å². The number of benzene rings is 1. The van der Waals surface area contributed by atoms with E-state index >= 15 is 0 Å². The van der Waals surface area contributed by atoms with Gasteiger partial charge in [-0.25, -0.2) is 8.78 Å². The van der Waals surface area contributed by atoms with Crippen LogP contribution in [0.15, 0.2) is 18.2 Å². The molecule has 2 aromatic rings. The second kappa shape index (κ2) is 8.70. The second-order valence-electron chi connectivity index (χ2n) is 9.49. The molecule has 3 amide bonds. The van der Waals surface area contributed by atoms with E-state index in [1.807, 2.05) is 0 Å². The number of carbonyl (C=O) groups excluding carboxylic acids is 3. The van der Waals surface area contributed by atoms with Gasteiger partial charge in [0.05, 0.1) is 11.6 Å². The lowest BCUT2D eigenvalue weighted by Crippen LogP contribution is -2.51. The fourth-order valence-electron chi connectivity index (χ4n) is 5.84. The summed E-state index contributed by atoms with van der Waals surface area (Å²) in [6.07, 6.45) is 3.48. The van der Waals surface area contributed by atoms with Crippen molar-refractivity contribution in [2.45, 2.75) is 44.2 Å². The molecule has 1 aromatic heterocycles. The smallest absolute Gasteiger partial charge is 0.271 e. The van der Waals surface area contributed by atoms with Crippen LogP contribution in [-0.2, 0) is 9.59 Å². The zero-order valence-electron chi connectivity index (χ0n) is 18.4. The zero-order valence-corrected chi connectivity index (χ0v) is 18.4. The number of rotatable bonds is 5. The predicted octanol–water partition coefficient (Wildman–Crippen LogP) is 2.22. The highest BCUT2D eigenvalue weighted by molar-refractivity contribution is 6.01. The Morgan fingerprint density at radius 2 is 2.06 bits per heavy atom. The largest absolute Gasteiger partial charge is 0.356 e. The van der Waals surface area contributed by atoms with Gasteiger partial charge in [-0.05, 0) is 49.7 Å². The van der Waals surface area contributed by atoms with Crippen molar-refractivity contribution in [3.8, 4) is 6.07 Å². The van der Waals surface area contributed by atoms with Crippen LogP contribution >= 0.6 is 0 Å². The molecule has 0 unspecified atom stereocenters. The van der Waals surface area contributed by atoms with Crippen molar-refractivity contribution in [2.24, 2.45) is 17.8 Å². The molecule has 2 aliphatic heterocycles. The maximum Gasteiger partial charge on any atom is 0.271 e. The SMILES string of the molecule is N#C[C@H](C[C@@H]1CCNC1=O)NC(=O)[C@@H]1[C@H]2CCC[C@H]2CN1C(=O)c1cc2c(F)cc(F)cc2[nH]1. The van der Waals surface area contributed by atoms with E-state index < -0.39 is 35.5 Å². The van der Waals surface area contributed by atoms with E-state index in [9.17, 15) is 28.4 Å². The molecule has 3 aliphatic rings. The summed E-state index contributed by atoms with van der Waals surface area (Å²) in [6.45, 7) is 0.940. The van der Waals surface area contributed by atoms with Crippen molar-refractivity contribution in [1.82, 2.24) is 20.5 Å². The molecular weight excluding hydrogens is 444 g/mol. The summed E-state index contributed by atoms with van der Waals surface area (Å²) in [5, 5.41) is 15.2. The minimum absolute atomic E-state index is 0.0309. The van der Waals surface area contributed by atoms with Crippen LogP contribution in [0.3, 0.4) is 0 Å². The number of hydrogen-bond donors (Lipinski definition) is 3. The lowest BCUT2D eigenvalue weighted by Gasteiger charge is -2.28. The quantitative estimate of drug-likeness (QED) is 0.622. The number of nitrogens with one attached hydrogen (secondary N) is 3. The standard InChI is InChI=1S/C24H25F2N5O3/c25-14-7-18(26)17-9-20(30-19(17)8-14)24(34)31-11-13-2-1-3-16(13)21(31)23(33)29-15(10-27)6-12-4-5-28-22(12)32/h7-9,12-13,15-16,21,30H,1-6,11H2,(H,28,32)(H,29,33)/t12-,13-,15-,16-,21-/m0/s1. The molecule has 8 nitrogen and oxygen atoms in total. The molecular formula is C24H25F2N5O3. The van der Waals surface area contributed by atoms with Crippen LogP contribution in [-0.4, -0.2) is 52.8 Å². The molecule has 3 N–H and O–H groups in total. The van der Waals surface area contributed by atoms with E-state index in [1.54, 1.807) is 0 Å². The minimum atomic E-state index is -0.844. The van der Waals surface area contributed by atoms with Gasteiger partial charge in [0.25, 0.3) is 5.91 Å². The van der Waals surface area contributed by atoms with Crippen LogP contribution in [0.25, 0.3) is 10.9 Å². The Balaban J connectivity index is 1.38. The molecule has 5 atom stereocenters. The molecule has 178 valence electrons. The summed E-state index contributed by atoms with van der Waals surface area (Å²) in [7, 11) is 0. The Hall–Kier alpha value is -3.48. The van der Waals surface area contributed by atoms with Gasteiger partial charge in [-0.15, -0.1) is 0 Å². The summed E-state index contributed by atoms with van der Waals surface area (Å²) in [6, 6.07) is 3.68. The number of amides is 3. The fourth-order valence-corrected chi connectivity index (χ4v) is 5.84. The lowest BCUT2D eigenvalue weighted by atomic mass is 9.92. The number of aromatic amines is 1. The number of nitriles is 1. The molecule has 5 rings (SSSR count). The van der Waals surface area contributed by atoms with Crippen LogP contribution in [0.5, 0.6) is 0 Å². The summed E-state index contributed by atoms with van der Waals surface area (Å²) in [5.41, 5.74) is 0.248. The molecule has 10 heteroatoms. The molecule has 3 fully saturated rings. The first-order valence-electron chi connectivity index (χ1n) is 11.6. The fraction of sp³-hybridized carbons (Fsp3) is 0.500. The monoisotopic (exact) mass is 469 g/mol. The van der Waals surface area contributed by atoms with Gasteiger partial charge in [-0.1, -0.05) is 6.42 Å². The summed E-state index contributed by atoms with van der Waals surface area (Å²) in [5.74, 6) is -2.72. The first-order chi connectivity index (χ1) is 16.4. The van der Waals surface area contributed by atoms with E-state index in [0.29, 0.717) is 19.5 Å². The first-order valence-corrected chi connectivity index (χ1v) is 11.6. The molecule has 1 aliphatic carbocycles. The van der Waals surface area contributed by atoms with E-state index in [2.05, 4.69) is 21.7 Å². The third kappa shape index (κ3) is 3.89. The summed E-state index contributed by atoms with van der Waals surface area (Å²) < 4.78 is 27.8. The number of likely N-dealkylation sites (tertiary alicyclic amines) is 1. The predicted molar refractivity (Wildman–Crippen MR) is 117 cm³/mol. The molecule has 3 heterocycles. The van der Waals surface area contributed by atoms with Crippen molar-refractivity contribution in [3.63, 3.8) is 0 Å². The van der Waals surface area contributed by atoms with E-state index in [0.717, 1.165) is 31.4 Å². The van der Waals surface area contributed by atoms with Gasteiger partial charge in [0, 0.05) is 30.5 Å². The Kier molecular flexibility index (Phi) is 5.71. The molecule has 1 aromatic carbocycles. The van der Waals surface area contributed by atoms with Crippen LogP contribution in [0.2, 0.25) is 0 Å². The molecule has 0 bridgehead atoms. The molecule has 0 radical (unpaired) electrons. The highest BCUT2D eigenvalue weighted by Crippen LogP contribution is 2.43.